The van der Waals surface area contributed by atoms with Crippen LogP contribution in [0.3, 0.4) is 0 Å². The summed E-state index contributed by atoms with van der Waals surface area (Å²) in [6.07, 6.45) is 0. The fourth-order valence-electron chi connectivity index (χ4n) is 2.49. The van der Waals surface area contributed by atoms with Crippen LogP contribution in [-0.2, 0) is 14.4 Å². The molecule has 2 N–H and O–H groups in total. The standard InChI is InChI=1S/C16H20N2O5/c1-11-8-18(9-13(11)16(21)22)15(20)7-17-14(19)10-23-12-5-3-2-4-6-12/h2-6,11,13H,7-10H2,1H3,(H,17,19)(H,21,22)/t11-,13-/m1/s1. The number of likely N-dealkylation sites (tertiary alicyclic amines) is 1. The van der Waals surface area contributed by atoms with Gasteiger partial charge in [0.2, 0.25) is 5.91 Å². The number of benzene rings is 1. The zero-order valence-electron chi connectivity index (χ0n) is 12.9. The highest BCUT2D eigenvalue weighted by Gasteiger charge is 2.36. The highest BCUT2D eigenvalue weighted by atomic mass is 16.5. The lowest BCUT2D eigenvalue weighted by molar-refractivity contribution is -0.142. The molecule has 7 heteroatoms. The van der Waals surface area contributed by atoms with Crippen molar-refractivity contribution in [3.05, 3.63) is 30.3 Å². The van der Waals surface area contributed by atoms with Crippen LogP contribution in [-0.4, -0.2) is 54.0 Å². The molecule has 1 saturated heterocycles. The summed E-state index contributed by atoms with van der Waals surface area (Å²) in [7, 11) is 0. The smallest absolute Gasteiger partial charge is 0.308 e. The van der Waals surface area contributed by atoms with Gasteiger partial charge in [0.15, 0.2) is 6.61 Å². The van der Waals surface area contributed by atoms with E-state index < -0.39 is 17.8 Å². The van der Waals surface area contributed by atoms with Crippen LogP contribution in [0.25, 0.3) is 0 Å². The van der Waals surface area contributed by atoms with Crippen LogP contribution in [0.2, 0.25) is 0 Å². The molecular formula is C16H20N2O5. The molecule has 0 aromatic heterocycles. The fraction of sp³-hybridized carbons (Fsp3) is 0.438. The van der Waals surface area contributed by atoms with E-state index in [1.54, 1.807) is 31.2 Å². The maximum Gasteiger partial charge on any atom is 0.308 e. The number of ether oxygens (including phenoxy) is 1. The van der Waals surface area contributed by atoms with E-state index in [1.807, 2.05) is 6.07 Å². The van der Waals surface area contributed by atoms with Crippen LogP contribution in [0.5, 0.6) is 5.75 Å². The zero-order chi connectivity index (χ0) is 16.8. The number of carboxylic acid groups (broad SMARTS) is 1. The largest absolute Gasteiger partial charge is 0.484 e. The quantitative estimate of drug-likeness (QED) is 0.789. The molecule has 23 heavy (non-hydrogen) atoms. The number of carboxylic acids is 1. The van der Waals surface area contributed by atoms with Crippen LogP contribution in [0, 0.1) is 11.8 Å². The lowest BCUT2D eigenvalue weighted by atomic mass is 9.99. The number of hydrogen-bond acceptors (Lipinski definition) is 4. The number of rotatable bonds is 6. The number of carbonyl (C=O) groups excluding carboxylic acids is 2. The summed E-state index contributed by atoms with van der Waals surface area (Å²) in [6.45, 7) is 2.05. The fourth-order valence-corrected chi connectivity index (χ4v) is 2.49. The van der Waals surface area contributed by atoms with Gasteiger partial charge in [0.1, 0.15) is 5.75 Å². The maximum absolute atomic E-state index is 12.0. The average molecular weight is 320 g/mol. The molecule has 1 aliphatic heterocycles. The molecule has 124 valence electrons. The van der Waals surface area contributed by atoms with Crippen molar-refractivity contribution in [2.75, 3.05) is 26.2 Å². The van der Waals surface area contributed by atoms with E-state index in [0.717, 1.165) is 0 Å². The van der Waals surface area contributed by atoms with Gasteiger partial charge in [-0.2, -0.15) is 0 Å². The van der Waals surface area contributed by atoms with Crippen molar-refractivity contribution in [2.45, 2.75) is 6.92 Å². The molecule has 2 amide bonds. The second-order valence-electron chi connectivity index (χ2n) is 5.60. The molecule has 0 unspecified atom stereocenters. The average Bonchev–Trinajstić information content (AvgIpc) is 2.94. The first kappa shape index (κ1) is 16.8. The van der Waals surface area contributed by atoms with Crippen molar-refractivity contribution in [2.24, 2.45) is 11.8 Å². The minimum atomic E-state index is -0.895. The van der Waals surface area contributed by atoms with Gasteiger partial charge in [0.25, 0.3) is 5.91 Å². The third-order valence-corrected chi connectivity index (χ3v) is 3.83. The van der Waals surface area contributed by atoms with E-state index in [-0.39, 0.29) is 31.5 Å². The van der Waals surface area contributed by atoms with Crippen LogP contribution in [0.1, 0.15) is 6.92 Å². The van der Waals surface area contributed by atoms with Crippen molar-refractivity contribution in [1.82, 2.24) is 10.2 Å². The Labute approximate surface area is 134 Å². The highest BCUT2D eigenvalue weighted by molar-refractivity contribution is 5.86. The number of aliphatic carboxylic acids is 1. The Morgan fingerprint density at radius 2 is 1.96 bits per heavy atom. The van der Waals surface area contributed by atoms with Crippen molar-refractivity contribution < 1.29 is 24.2 Å². The van der Waals surface area contributed by atoms with Crippen LogP contribution in [0.15, 0.2) is 30.3 Å². The Morgan fingerprint density at radius 3 is 2.57 bits per heavy atom. The lowest BCUT2D eigenvalue weighted by Crippen LogP contribution is -2.40. The summed E-state index contributed by atoms with van der Waals surface area (Å²) < 4.78 is 5.28. The van der Waals surface area contributed by atoms with E-state index in [9.17, 15) is 14.4 Å². The molecule has 1 heterocycles. The van der Waals surface area contributed by atoms with E-state index >= 15 is 0 Å². The van der Waals surface area contributed by atoms with Gasteiger partial charge in [-0.3, -0.25) is 14.4 Å². The van der Waals surface area contributed by atoms with Crippen molar-refractivity contribution >= 4 is 17.8 Å². The van der Waals surface area contributed by atoms with Crippen LogP contribution in [0.4, 0.5) is 0 Å². The van der Waals surface area contributed by atoms with Gasteiger partial charge in [-0.15, -0.1) is 0 Å². The summed E-state index contributed by atoms with van der Waals surface area (Å²) in [5.41, 5.74) is 0. The molecule has 0 bridgehead atoms. The number of nitrogens with one attached hydrogen (secondary N) is 1. The van der Waals surface area contributed by atoms with E-state index in [2.05, 4.69) is 5.32 Å². The van der Waals surface area contributed by atoms with Gasteiger partial charge in [0, 0.05) is 13.1 Å². The summed E-state index contributed by atoms with van der Waals surface area (Å²) in [5.74, 6) is -1.64. The molecule has 1 fully saturated rings. The molecule has 0 aliphatic carbocycles. The van der Waals surface area contributed by atoms with Crippen LogP contribution < -0.4 is 10.1 Å². The Morgan fingerprint density at radius 1 is 1.26 bits per heavy atom. The minimum Gasteiger partial charge on any atom is -0.484 e. The third-order valence-electron chi connectivity index (χ3n) is 3.83. The second kappa shape index (κ2) is 7.62. The second-order valence-corrected chi connectivity index (χ2v) is 5.60. The van der Waals surface area contributed by atoms with Crippen LogP contribution >= 0.6 is 0 Å². The predicted octanol–water partition coefficient (Wildman–Crippen LogP) is 0.361. The molecule has 0 radical (unpaired) electrons. The Balaban J connectivity index is 1.72. The summed E-state index contributed by atoms with van der Waals surface area (Å²) in [5, 5.41) is 11.5. The maximum atomic E-state index is 12.0. The first-order chi connectivity index (χ1) is 11.0. The highest BCUT2D eigenvalue weighted by Crippen LogP contribution is 2.22. The number of nitrogens with zero attached hydrogens (tertiary/aromatic N) is 1. The number of hydrogen-bond donors (Lipinski definition) is 2. The van der Waals surface area contributed by atoms with Gasteiger partial charge in [0.05, 0.1) is 12.5 Å². The molecule has 0 saturated carbocycles. The topological polar surface area (TPSA) is 95.9 Å². The summed E-state index contributed by atoms with van der Waals surface area (Å²) in [6, 6.07) is 8.90. The van der Waals surface area contributed by atoms with Gasteiger partial charge in [-0.05, 0) is 18.1 Å². The van der Waals surface area contributed by atoms with Gasteiger partial charge in [-0.25, -0.2) is 0 Å². The molecular weight excluding hydrogens is 300 g/mol. The van der Waals surface area contributed by atoms with Crippen molar-refractivity contribution in [3.8, 4) is 5.75 Å². The molecule has 2 atom stereocenters. The molecule has 0 spiro atoms. The van der Waals surface area contributed by atoms with Crippen molar-refractivity contribution in [1.29, 1.82) is 0 Å². The lowest BCUT2D eigenvalue weighted by Gasteiger charge is -2.16. The Hall–Kier alpha value is -2.57. The molecule has 1 aromatic carbocycles. The molecule has 1 aromatic rings. The number of para-hydroxylation sites is 1. The SMILES string of the molecule is C[C@@H]1CN(C(=O)CNC(=O)COc2ccccc2)C[C@H]1C(=O)O. The minimum absolute atomic E-state index is 0.0893. The first-order valence-electron chi connectivity index (χ1n) is 7.42. The Bertz CT molecular complexity index is 575. The summed E-state index contributed by atoms with van der Waals surface area (Å²) >= 11 is 0. The van der Waals surface area contributed by atoms with E-state index in [4.69, 9.17) is 9.84 Å². The molecule has 7 nitrogen and oxygen atoms in total. The van der Waals surface area contributed by atoms with E-state index in [0.29, 0.717) is 12.3 Å². The molecule has 2 rings (SSSR count). The van der Waals surface area contributed by atoms with Gasteiger partial charge < -0.3 is 20.1 Å². The van der Waals surface area contributed by atoms with E-state index in [1.165, 1.54) is 4.90 Å². The Kier molecular flexibility index (Phi) is 5.56. The van der Waals surface area contributed by atoms with Gasteiger partial charge >= 0.3 is 5.97 Å². The monoisotopic (exact) mass is 320 g/mol. The van der Waals surface area contributed by atoms with Crippen molar-refractivity contribution in [3.63, 3.8) is 0 Å². The zero-order valence-corrected chi connectivity index (χ0v) is 12.9. The number of amides is 2. The molecule has 1 aliphatic rings. The summed E-state index contributed by atoms with van der Waals surface area (Å²) in [4.78, 5) is 36.2. The normalized spacial score (nSPS) is 20.1. The predicted molar refractivity (Wildman–Crippen MR) is 81.8 cm³/mol. The third kappa shape index (κ3) is 4.70. The number of carbonyl (C=O) groups is 3. The van der Waals surface area contributed by atoms with Gasteiger partial charge in [-0.1, -0.05) is 25.1 Å². The first-order valence-corrected chi connectivity index (χ1v) is 7.42.